The van der Waals surface area contributed by atoms with E-state index in [1.54, 1.807) is 20.0 Å². The summed E-state index contributed by atoms with van der Waals surface area (Å²) in [5.41, 5.74) is -0.341. The lowest BCUT2D eigenvalue weighted by Crippen LogP contribution is -2.59. The Hall–Kier alpha value is -1.89. The van der Waals surface area contributed by atoms with Crippen molar-refractivity contribution in [2.45, 2.75) is 25.3 Å². The average molecular weight is 281 g/mol. The van der Waals surface area contributed by atoms with Gasteiger partial charge in [-0.3, -0.25) is 9.59 Å². The molecule has 0 radical (unpaired) electrons. The second-order valence-corrected chi connectivity index (χ2v) is 4.94. The predicted octanol–water partition coefficient (Wildman–Crippen LogP) is 0.350. The molecule has 2 amide bonds. The number of aromatic nitrogens is 1. The van der Waals surface area contributed by atoms with E-state index in [1.165, 1.54) is 12.0 Å². The molecule has 7 heteroatoms. The van der Waals surface area contributed by atoms with Crippen LogP contribution in [-0.4, -0.2) is 54.7 Å². The maximum Gasteiger partial charge on any atom is 0.293 e. The van der Waals surface area contributed by atoms with Gasteiger partial charge in [0.25, 0.3) is 5.91 Å². The summed E-state index contributed by atoms with van der Waals surface area (Å²) in [4.78, 5) is 26.3. The molecular weight excluding hydrogens is 262 g/mol. The van der Waals surface area contributed by atoms with Crippen molar-refractivity contribution in [2.75, 3.05) is 27.3 Å². The molecule has 0 aromatic carbocycles. The molecule has 0 bridgehead atoms. The number of likely N-dealkylation sites (tertiary alicyclic amines) is 1. The van der Waals surface area contributed by atoms with Gasteiger partial charge < -0.3 is 19.5 Å². The van der Waals surface area contributed by atoms with Gasteiger partial charge >= 0.3 is 0 Å². The van der Waals surface area contributed by atoms with Crippen LogP contribution in [0.1, 0.15) is 29.1 Å². The molecule has 2 heterocycles. The van der Waals surface area contributed by atoms with Crippen LogP contribution in [0.5, 0.6) is 0 Å². The van der Waals surface area contributed by atoms with E-state index in [1.807, 2.05) is 0 Å². The minimum atomic E-state index is -0.971. The lowest BCUT2D eigenvalue weighted by molar-refractivity contribution is -0.133. The molecule has 7 nitrogen and oxygen atoms in total. The Balaban J connectivity index is 2.32. The smallest absolute Gasteiger partial charge is 0.293 e. The van der Waals surface area contributed by atoms with E-state index in [-0.39, 0.29) is 24.2 Å². The Bertz CT molecular complexity index is 513. The highest BCUT2D eigenvalue weighted by Crippen LogP contribution is 2.31. The normalized spacial score (nSPS) is 22.1. The van der Waals surface area contributed by atoms with Crippen LogP contribution in [0.15, 0.2) is 10.6 Å². The number of nitrogens with one attached hydrogen (secondary N) is 1. The van der Waals surface area contributed by atoms with Crippen LogP contribution in [-0.2, 0) is 9.53 Å². The van der Waals surface area contributed by atoms with Gasteiger partial charge in [0, 0.05) is 26.8 Å². The number of ether oxygens (including phenoxy) is 1. The first kappa shape index (κ1) is 14.5. The molecule has 1 fully saturated rings. The first-order valence-electron chi connectivity index (χ1n) is 6.51. The number of nitrogens with zero attached hydrogens (tertiary/aromatic N) is 2. The van der Waals surface area contributed by atoms with Crippen molar-refractivity contribution in [1.29, 1.82) is 0 Å². The van der Waals surface area contributed by atoms with E-state index < -0.39 is 5.54 Å². The minimum Gasteiger partial charge on any atom is -0.382 e. The molecule has 1 unspecified atom stereocenters. The third kappa shape index (κ3) is 2.29. The lowest BCUT2D eigenvalue weighted by atomic mass is 9.95. The summed E-state index contributed by atoms with van der Waals surface area (Å²) in [6.07, 6.45) is 1.31. The molecule has 110 valence electrons. The monoisotopic (exact) mass is 281 g/mol. The molecular formula is C13H19N3O4. The Morgan fingerprint density at radius 1 is 1.60 bits per heavy atom. The van der Waals surface area contributed by atoms with Crippen molar-refractivity contribution in [2.24, 2.45) is 0 Å². The Kier molecular flexibility index (Phi) is 4.08. The van der Waals surface area contributed by atoms with Gasteiger partial charge in [-0.1, -0.05) is 5.16 Å². The van der Waals surface area contributed by atoms with E-state index in [0.717, 1.165) is 6.42 Å². The zero-order chi connectivity index (χ0) is 14.8. The number of hydrogen-bond acceptors (Lipinski definition) is 5. The molecule has 1 N–H and O–H groups in total. The summed E-state index contributed by atoms with van der Waals surface area (Å²) < 4.78 is 10.2. The number of hydrogen-bond donors (Lipinski definition) is 1. The summed E-state index contributed by atoms with van der Waals surface area (Å²) in [5, 5.41) is 6.33. The fraction of sp³-hybridized carbons (Fsp3) is 0.615. The van der Waals surface area contributed by atoms with Crippen molar-refractivity contribution in [1.82, 2.24) is 15.4 Å². The second kappa shape index (κ2) is 5.62. The van der Waals surface area contributed by atoms with Crippen LogP contribution < -0.4 is 5.32 Å². The van der Waals surface area contributed by atoms with Crippen LogP contribution in [0.25, 0.3) is 0 Å². The van der Waals surface area contributed by atoms with Crippen molar-refractivity contribution in [3.8, 4) is 0 Å². The highest BCUT2D eigenvalue weighted by Gasteiger charge is 2.50. The molecule has 0 saturated carbocycles. The Morgan fingerprint density at radius 3 is 2.90 bits per heavy atom. The molecule has 1 aliphatic heterocycles. The Morgan fingerprint density at radius 2 is 2.35 bits per heavy atom. The second-order valence-electron chi connectivity index (χ2n) is 4.94. The molecule has 1 aromatic rings. The number of carbonyl (C=O) groups is 2. The fourth-order valence-corrected chi connectivity index (χ4v) is 2.70. The molecule has 1 saturated heterocycles. The maximum absolute atomic E-state index is 12.5. The zero-order valence-corrected chi connectivity index (χ0v) is 11.9. The van der Waals surface area contributed by atoms with E-state index in [4.69, 9.17) is 9.26 Å². The quantitative estimate of drug-likeness (QED) is 0.861. The van der Waals surface area contributed by atoms with Gasteiger partial charge in [0.15, 0.2) is 0 Å². The van der Waals surface area contributed by atoms with Crippen molar-refractivity contribution in [3.63, 3.8) is 0 Å². The van der Waals surface area contributed by atoms with Crippen LogP contribution in [0, 0.1) is 6.92 Å². The molecule has 0 aliphatic carbocycles. The molecule has 1 aliphatic rings. The average Bonchev–Trinajstić information content (AvgIpc) is 3.05. The van der Waals surface area contributed by atoms with E-state index in [2.05, 4.69) is 10.5 Å². The molecule has 0 spiro atoms. The van der Waals surface area contributed by atoms with Crippen molar-refractivity contribution in [3.05, 3.63) is 17.5 Å². The highest BCUT2D eigenvalue weighted by molar-refractivity contribution is 5.98. The lowest BCUT2D eigenvalue weighted by Gasteiger charge is -2.35. The maximum atomic E-state index is 12.5. The summed E-state index contributed by atoms with van der Waals surface area (Å²) in [6, 6.07) is 1.57. The SMILES string of the molecule is CNC(=O)C1(COC)CCCN1C(=O)c1cc(C)no1. The number of amides is 2. The first-order chi connectivity index (χ1) is 9.55. The number of likely N-dealkylation sites (N-methyl/N-ethyl adjacent to an activating group) is 1. The number of rotatable bonds is 4. The van der Waals surface area contributed by atoms with Crippen LogP contribution >= 0.6 is 0 Å². The van der Waals surface area contributed by atoms with E-state index >= 15 is 0 Å². The van der Waals surface area contributed by atoms with Crippen molar-refractivity contribution >= 4 is 11.8 Å². The predicted molar refractivity (Wildman–Crippen MR) is 70.2 cm³/mol. The van der Waals surface area contributed by atoms with Gasteiger partial charge in [-0.25, -0.2) is 0 Å². The van der Waals surface area contributed by atoms with E-state index in [9.17, 15) is 9.59 Å². The summed E-state index contributed by atoms with van der Waals surface area (Å²) >= 11 is 0. The Labute approximate surface area is 117 Å². The van der Waals surface area contributed by atoms with Crippen LogP contribution in [0.2, 0.25) is 0 Å². The third-order valence-corrected chi connectivity index (χ3v) is 3.61. The van der Waals surface area contributed by atoms with Crippen LogP contribution in [0.3, 0.4) is 0 Å². The standard InChI is InChI=1S/C13H19N3O4/c1-9-7-10(20-15-9)11(17)16-6-4-5-13(16,8-19-3)12(18)14-2/h7H,4-6,8H2,1-3H3,(H,14,18). The molecule has 20 heavy (non-hydrogen) atoms. The highest BCUT2D eigenvalue weighted by atomic mass is 16.5. The van der Waals surface area contributed by atoms with Gasteiger partial charge in [0.05, 0.1) is 12.3 Å². The zero-order valence-electron chi connectivity index (χ0n) is 11.9. The molecule has 1 aromatic heterocycles. The number of aryl methyl sites for hydroxylation is 1. The minimum absolute atomic E-state index is 0.147. The van der Waals surface area contributed by atoms with Gasteiger partial charge in [-0.2, -0.15) is 0 Å². The number of carbonyl (C=O) groups excluding carboxylic acids is 2. The van der Waals surface area contributed by atoms with Gasteiger partial charge in [0.1, 0.15) is 5.54 Å². The molecule has 1 atom stereocenters. The first-order valence-corrected chi connectivity index (χ1v) is 6.51. The van der Waals surface area contributed by atoms with Crippen LogP contribution in [0.4, 0.5) is 0 Å². The number of methoxy groups -OCH3 is 1. The summed E-state index contributed by atoms with van der Waals surface area (Å²) in [5.74, 6) is -0.404. The fourth-order valence-electron chi connectivity index (χ4n) is 2.70. The largest absolute Gasteiger partial charge is 0.382 e. The van der Waals surface area contributed by atoms with Gasteiger partial charge in [-0.05, 0) is 19.8 Å². The third-order valence-electron chi connectivity index (χ3n) is 3.61. The molecule has 2 rings (SSSR count). The summed E-state index contributed by atoms with van der Waals surface area (Å²) in [6.45, 7) is 2.40. The van der Waals surface area contributed by atoms with E-state index in [0.29, 0.717) is 18.7 Å². The van der Waals surface area contributed by atoms with Gasteiger partial charge in [0.2, 0.25) is 11.7 Å². The summed E-state index contributed by atoms with van der Waals surface area (Å²) in [7, 11) is 3.07. The van der Waals surface area contributed by atoms with Crippen molar-refractivity contribution < 1.29 is 18.8 Å². The topological polar surface area (TPSA) is 84.7 Å². The van der Waals surface area contributed by atoms with Gasteiger partial charge in [-0.15, -0.1) is 0 Å².